The van der Waals surface area contributed by atoms with Crippen LogP contribution in [-0.4, -0.2) is 44.4 Å². The number of hydrogen-bond acceptors (Lipinski definition) is 4. The standard InChI is InChI=1S/C22H26ClN5O3/c1-27-14-12-24-19(27)18(15-5-7-16(23)8-6-15)25-17(29)9-13-28-20(30)22(26-21(28)31)10-3-2-4-11-22/h5-8,12,14,18H,2-4,9-11,13H2,1H3,(H,25,29)(H,26,31)/t18-/m0/s1. The summed E-state index contributed by atoms with van der Waals surface area (Å²) in [5.41, 5.74) is 0.0631. The van der Waals surface area contributed by atoms with E-state index in [0.29, 0.717) is 23.7 Å². The Morgan fingerprint density at radius 1 is 1.23 bits per heavy atom. The predicted molar refractivity (Wildman–Crippen MR) is 115 cm³/mol. The third-order valence-corrected chi connectivity index (χ3v) is 6.39. The summed E-state index contributed by atoms with van der Waals surface area (Å²) < 4.78 is 1.84. The summed E-state index contributed by atoms with van der Waals surface area (Å²) in [5, 5.41) is 6.46. The predicted octanol–water partition coefficient (Wildman–Crippen LogP) is 2.92. The van der Waals surface area contributed by atoms with Crippen molar-refractivity contribution >= 4 is 29.4 Å². The van der Waals surface area contributed by atoms with Crippen LogP contribution in [0.1, 0.15) is 56.0 Å². The zero-order valence-corrected chi connectivity index (χ0v) is 18.2. The lowest BCUT2D eigenvalue weighted by molar-refractivity contribution is -0.132. The Morgan fingerprint density at radius 2 is 1.94 bits per heavy atom. The number of benzene rings is 1. The molecule has 0 radical (unpaired) electrons. The molecule has 1 saturated heterocycles. The van der Waals surface area contributed by atoms with Crippen LogP contribution in [-0.2, 0) is 16.6 Å². The van der Waals surface area contributed by atoms with Crippen molar-refractivity contribution in [2.75, 3.05) is 6.54 Å². The second kappa shape index (κ2) is 8.70. The molecule has 1 aliphatic heterocycles. The molecule has 1 atom stereocenters. The summed E-state index contributed by atoms with van der Waals surface area (Å²) in [5.74, 6) is 0.198. The van der Waals surface area contributed by atoms with Crippen molar-refractivity contribution < 1.29 is 14.4 Å². The third-order valence-electron chi connectivity index (χ3n) is 6.14. The fraction of sp³-hybridized carbons (Fsp3) is 0.455. The van der Waals surface area contributed by atoms with Crippen LogP contribution in [0.25, 0.3) is 0 Å². The topological polar surface area (TPSA) is 96.3 Å². The minimum Gasteiger partial charge on any atom is -0.342 e. The molecule has 2 fully saturated rings. The maximum atomic E-state index is 12.9. The first-order chi connectivity index (χ1) is 14.9. The fourth-order valence-electron chi connectivity index (χ4n) is 4.43. The lowest BCUT2D eigenvalue weighted by Crippen LogP contribution is -2.48. The molecule has 4 rings (SSSR count). The Balaban J connectivity index is 1.44. The number of aromatic nitrogens is 2. The molecule has 2 aliphatic rings. The van der Waals surface area contributed by atoms with E-state index in [9.17, 15) is 14.4 Å². The molecular formula is C22H26ClN5O3. The Morgan fingerprint density at radius 3 is 2.58 bits per heavy atom. The number of rotatable bonds is 6. The number of carbonyl (C=O) groups excluding carboxylic acids is 3. The van der Waals surface area contributed by atoms with E-state index >= 15 is 0 Å². The molecule has 1 spiro atoms. The van der Waals surface area contributed by atoms with Gasteiger partial charge in [-0.15, -0.1) is 0 Å². The Kier molecular flexibility index (Phi) is 6.00. The molecule has 1 aromatic carbocycles. The van der Waals surface area contributed by atoms with Crippen molar-refractivity contribution in [3.8, 4) is 0 Å². The molecule has 2 heterocycles. The first kappa shape index (κ1) is 21.4. The van der Waals surface area contributed by atoms with Crippen molar-refractivity contribution in [1.82, 2.24) is 25.1 Å². The van der Waals surface area contributed by atoms with Crippen molar-refractivity contribution in [2.45, 2.75) is 50.1 Å². The van der Waals surface area contributed by atoms with E-state index in [1.54, 1.807) is 24.5 Å². The number of nitrogens with one attached hydrogen (secondary N) is 2. The first-order valence-electron chi connectivity index (χ1n) is 10.6. The summed E-state index contributed by atoms with van der Waals surface area (Å²) in [6.07, 6.45) is 7.74. The van der Waals surface area contributed by atoms with Crippen LogP contribution in [0.2, 0.25) is 5.02 Å². The van der Waals surface area contributed by atoms with Gasteiger partial charge < -0.3 is 15.2 Å². The van der Waals surface area contributed by atoms with Crippen LogP contribution >= 0.6 is 11.6 Å². The van der Waals surface area contributed by atoms with E-state index in [4.69, 9.17) is 11.6 Å². The molecule has 9 heteroatoms. The molecule has 4 amide bonds. The van der Waals surface area contributed by atoms with Gasteiger partial charge in [0.2, 0.25) is 5.91 Å². The molecule has 0 unspecified atom stereocenters. The third kappa shape index (κ3) is 4.30. The van der Waals surface area contributed by atoms with Crippen LogP contribution < -0.4 is 10.6 Å². The van der Waals surface area contributed by atoms with Gasteiger partial charge in [0.1, 0.15) is 17.4 Å². The molecule has 1 aliphatic carbocycles. The van der Waals surface area contributed by atoms with Crippen molar-refractivity contribution in [3.05, 3.63) is 53.1 Å². The molecule has 31 heavy (non-hydrogen) atoms. The number of aryl methyl sites for hydroxylation is 1. The summed E-state index contributed by atoms with van der Waals surface area (Å²) >= 11 is 6.01. The minimum absolute atomic E-state index is 0.0176. The van der Waals surface area contributed by atoms with Crippen LogP contribution in [0, 0.1) is 0 Å². The van der Waals surface area contributed by atoms with Gasteiger partial charge >= 0.3 is 6.03 Å². The van der Waals surface area contributed by atoms with Gasteiger partial charge in [-0.1, -0.05) is 43.0 Å². The molecular weight excluding hydrogens is 418 g/mol. The highest BCUT2D eigenvalue weighted by Crippen LogP contribution is 2.33. The zero-order valence-electron chi connectivity index (χ0n) is 17.4. The average Bonchev–Trinajstić information content (AvgIpc) is 3.27. The van der Waals surface area contributed by atoms with Gasteiger partial charge in [-0.2, -0.15) is 0 Å². The number of nitrogens with zero attached hydrogens (tertiary/aromatic N) is 3. The number of amides is 4. The van der Waals surface area contributed by atoms with Crippen molar-refractivity contribution in [1.29, 1.82) is 0 Å². The molecule has 1 aromatic heterocycles. The maximum Gasteiger partial charge on any atom is 0.325 e. The largest absolute Gasteiger partial charge is 0.342 e. The van der Waals surface area contributed by atoms with E-state index in [0.717, 1.165) is 24.8 Å². The summed E-state index contributed by atoms with van der Waals surface area (Å²) in [6, 6.07) is 6.32. The van der Waals surface area contributed by atoms with E-state index in [2.05, 4.69) is 15.6 Å². The van der Waals surface area contributed by atoms with Gasteiger partial charge in [0.15, 0.2) is 0 Å². The van der Waals surface area contributed by atoms with E-state index in [1.165, 1.54) is 4.90 Å². The quantitative estimate of drug-likeness (QED) is 0.671. The lowest BCUT2D eigenvalue weighted by atomic mass is 9.82. The normalized spacial score (nSPS) is 18.8. The number of halogens is 1. The Hall–Kier alpha value is -2.87. The summed E-state index contributed by atoms with van der Waals surface area (Å²) in [7, 11) is 1.86. The fourth-order valence-corrected chi connectivity index (χ4v) is 4.55. The Labute approximate surface area is 186 Å². The Bertz CT molecular complexity index is 981. The van der Waals surface area contributed by atoms with Gasteiger partial charge in [0.05, 0.1) is 0 Å². The van der Waals surface area contributed by atoms with Gasteiger partial charge in [-0.25, -0.2) is 9.78 Å². The van der Waals surface area contributed by atoms with Crippen LogP contribution in [0.3, 0.4) is 0 Å². The second-order valence-corrected chi connectivity index (χ2v) is 8.66. The van der Waals surface area contributed by atoms with Crippen molar-refractivity contribution in [3.63, 3.8) is 0 Å². The van der Waals surface area contributed by atoms with E-state index in [1.807, 2.05) is 23.7 Å². The van der Waals surface area contributed by atoms with E-state index < -0.39 is 17.6 Å². The minimum atomic E-state index is -0.773. The monoisotopic (exact) mass is 443 g/mol. The highest BCUT2D eigenvalue weighted by Gasteiger charge is 2.51. The second-order valence-electron chi connectivity index (χ2n) is 8.23. The van der Waals surface area contributed by atoms with Crippen LogP contribution in [0.15, 0.2) is 36.7 Å². The van der Waals surface area contributed by atoms with Crippen LogP contribution in [0.4, 0.5) is 4.79 Å². The van der Waals surface area contributed by atoms with E-state index in [-0.39, 0.29) is 24.8 Å². The molecule has 2 aromatic rings. The van der Waals surface area contributed by atoms with Gasteiger partial charge in [0.25, 0.3) is 5.91 Å². The number of imide groups is 1. The van der Waals surface area contributed by atoms with Gasteiger partial charge in [0, 0.05) is 37.4 Å². The van der Waals surface area contributed by atoms with Gasteiger partial charge in [-0.3, -0.25) is 14.5 Å². The zero-order chi connectivity index (χ0) is 22.0. The van der Waals surface area contributed by atoms with Crippen molar-refractivity contribution in [2.24, 2.45) is 7.05 Å². The number of urea groups is 1. The van der Waals surface area contributed by atoms with Gasteiger partial charge in [-0.05, 0) is 30.5 Å². The number of carbonyl (C=O) groups is 3. The molecule has 2 N–H and O–H groups in total. The first-order valence-corrected chi connectivity index (χ1v) is 10.9. The SMILES string of the molecule is Cn1ccnc1[C@@H](NC(=O)CCN1C(=O)NC2(CCCCC2)C1=O)c1ccc(Cl)cc1. The smallest absolute Gasteiger partial charge is 0.325 e. The number of imidazole rings is 1. The molecule has 0 bridgehead atoms. The maximum absolute atomic E-state index is 12.9. The lowest BCUT2D eigenvalue weighted by Gasteiger charge is -2.30. The molecule has 8 nitrogen and oxygen atoms in total. The average molecular weight is 444 g/mol. The number of hydrogen-bond donors (Lipinski definition) is 2. The van der Waals surface area contributed by atoms with Crippen LogP contribution in [0.5, 0.6) is 0 Å². The summed E-state index contributed by atoms with van der Waals surface area (Å²) in [6.45, 7) is 0.0478. The summed E-state index contributed by atoms with van der Waals surface area (Å²) in [4.78, 5) is 43.7. The highest BCUT2D eigenvalue weighted by atomic mass is 35.5. The highest BCUT2D eigenvalue weighted by molar-refractivity contribution is 6.30. The molecule has 1 saturated carbocycles. The molecule has 164 valence electrons.